The van der Waals surface area contributed by atoms with E-state index in [4.69, 9.17) is 17.3 Å². The number of aliphatic carboxylic acids is 1. The maximum absolute atomic E-state index is 11.5. The van der Waals surface area contributed by atoms with Crippen molar-refractivity contribution in [2.24, 2.45) is 5.73 Å². The van der Waals surface area contributed by atoms with E-state index in [0.29, 0.717) is 6.42 Å². The van der Waals surface area contributed by atoms with E-state index in [9.17, 15) is 9.59 Å². The van der Waals surface area contributed by atoms with Crippen molar-refractivity contribution in [3.05, 3.63) is 0 Å². The molecule has 90 valence electrons. The number of carboxylic acid groups (broad SMARTS) is 1. The van der Waals surface area contributed by atoms with E-state index in [1.807, 2.05) is 6.92 Å². The van der Waals surface area contributed by atoms with Gasteiger partial charge in [0, 0.05) is 6.42 Å². The summed E-state index contributed by atoms with van der Waals surface area (Å²) in [4.78, 5) is 21.8. The number of carbonyl (C=O) groups is 2. The highest BCUT2D eigenvalue weighted by atomic mass is 16.4. The lowest BCUT2D eigenvalue weighted by Gasteiger charge is -2.15. The summed E-state index contributed by atoms with van der Waals surface area (Å²) in [5.74, 6) is 1.09. The van der Waals surface area contributed by atoms with Crippen molar-refractivity contribution in [2.75, 3.05) is 0 Å². The Morgan fingerprint density at radius 3 is 2.56 bits per heavy atom. The standard InChI is InChI=1S/C11H18N2O3/c1-3-5-8(4-2)13-11(16)9(12)6-7-10(14)15/h2,8-9H,3,5-7,12H2,1H3,(H,13,16)(H,14,15). The second-order valence-electron chi connectivity index (χ2n) is 3.56. The summed E-state index contributed by atoms with van der Waals surface area (Å²) in [6.45, 7) is 1.96. The average molecular weight is 226 g/mol. The van der Waals surface area contributed by atoms with Crippen LogP contribution in [0.15, 0.2) is 0 Å². The van der Waals surface area contributed by atoms with Crippen LogP contribution < -0.4 is 11.1 Å². The molecule has 2 atom stereocenters. The zero-order valence-corrected chi connectivity index (χ0v) is 9.40. The SMILES string of the molecule is C#CC(CCC)NC(=O)C(N)CCC(=O)O. The van der Waals surface area contributed by atoms with Crippen LogP contribution in [-0.2, 0) is 9.59 Å². The van der Waals surface area contributed by atoms with Gasteiger partial charge in [0.05, 0.1) is 12.1 Å². The van der Waals surface area contributed by atoms with Crippen molar-refractivity contribution in [3.8, 4) is 12.3 Å². The van der Waals surface area contributed by atoms with E-state index >= 15 is 0 Å². The van der Waals surface area contributed by atoms with E-state index < -0.39 is 17.9 Å². The molecule has 0 spiro atoms. The van der Waals surface area contributed by atoms with Crippen LogP contribution in [0.2, 0.25) is 0 Å². The van der Waals surface area contributed by atoms with Crippen LogP contribution in [0, 0.1) is 12.3 Å². The highest BCUT2D eigenvalue weighted by molar-refractivity contribution is 5.82. The van der Waals surface area contributed by atoms with Gasteiger partial charge < -0.3 is 16.2 Å². The Labute approximate surface area is 95.4 Å². The zero-order chi connectivity index (χ0) is 12.6. The summed E-state index contributed by atoms with van der Waals surface area (Å²) in [7, 11) is 0. The van der Waals surface area contributed by atoms with E-state index in [1.54, 1.807) is 0 Å². The number of nitrogens with one attached hydrogen (secondary N) is 1. The maximum Gasteiger partial charge on any atom is 0.303 e. The normalized spacial score (nSPS) is 13.6. The molecule has 0 aromatic carbocycles. The fourth-order valence-electron chi connectivity index (χ4n) is 1.17. The quantitative estimate of drug-likeness (QED) is 0.537. The lowest BCUT2D eigenvalue weighted by molar-refractivity contribution is -0.137. The maximum atomic E-state index is 11.5. The van der Waals surface area contributed by atoms with E-state index in [-0.39, 0.29) is 18.9 Å². The Bertz CT molecular complexity index is 283. The van der Waals surface area contributed by atoms with Crippen LogP contribution >= 0.6 is 0 Å². The molecule has 0 radical (unpaired) electrons. The summed E-state index contributed by atoms with van der Waals surface area (Å²) < 4.78 is 0. The van der Waals surface area contributed by atoms with Crippen LogP contribution in [0.4, 0.5) is 0 Å². The molecular weight excluding hydrogens is 208 g/mol. The Morgan fingerprint density at radius 1 is 1.50 bits per heavy atom. The fourth-order valence-corrected chi connectivity index (χ4v) is 1.17. The molecule has 1 amide bonds. The van der Waals surface area contributed by atoms with E-state index in [1.165, 1.54) is 0 Å². The first-order valence-corrected chi connectivity index (χ1v) is 5.25. The van der Waals surface area contributed by atoms with Crippen molar-refractivity contribution in [1.82, 2.24) is 5.32 Å². The summed E-state index contributed by atoms with van der Waals surface area (Å²) >= 11 is 0. The highest BCUT2D eigenvalue weighted by Gasteiger charge is 2.17. The predicted octanol–water partition coefficient (Wildman–Crippen LogP) is 0.0966. The molecule has 16 heavy (non-hydrogen) atoms. The van der Waals surface area contributed by atoms with Crippen molar-refractivity contribution in [3.63, 3.8) is 0 Å². The largest absolute Gasteiger partial charge is 0.481 e. The number of nitrogens with two attached hydrogens (primary N) is 1. The van der Waals surface area contributed by atoms with Crippen LogP contribution in [0.25, 0.3) is 0 Å². The molecule has 0 rings (SSSR count). The summed E-state index contributed by atoms with van der Waals surface area (Å²) in [6.07, 6.45) is 6.77. The topological polar surface area (TPSA) is 92.4 Å². The number of carboxylic acids is 1. The lowest BCUT2D eigenvalue weighted by atomic mass is 10.1. The number of amides is 1. The summed E-state index contributed by atoms with van der Waals surface area (Å²) in [6, 6.07) is -1.14. The minimum Gasteiger partial charge on any atom is -0.481 e. The molecule has 0 fully saturated rings. The molecule has 0 aliphatic heterocycles. The fraction of sp³-hybridized carbons (Fsp3) is 0.636. The van der Waals surface area contributed by atoms with Gasteiger partial charge >= 0.3 is 5.97 Å². The van der Waals surface area contributed by atoms with Gasteiger partial charge in [0.1, 0.15) is 0 Å². The number of carbonyl (C=O) groups excluding carboxylic acids is 1. The molecule has 5 heteroatoms. The molecule has 0 aliphatic carbocycles. The smallest absolute Gasteiger partial charge is 0.303 e. The van der Waals surface area contributed by atoms with Gasteiger partial charge in [0.15, 0.2) is 0 Å². The lowest BCUT2D eigenvalue weighted by Crippen LogP contribution is -2.45. The van der Waals surface area contributed by atoms with Gasteiger partial charge in [-0.3, -0.25) is 9.59 Å². The summed E-state index contributed by atoms with van der Waals surface area (Å²) in [5.41, 5.74) is 5.52. The molecule has 5 nitrogen and oxygen atoms in total. The average Bonchev–Trinajstić information content (AvgIpc) is 2.24. The number of terminal acetylenes is 1. The van der Waals surface area contributed by atoms with Crippen LogP contribution in [0.3, 0.4) is 0 Å². The first-order valence-electron chi connectivity index (χ1n) is 5.25. The first kappa shape index (κ1) is 14.5. The predicted molar refractivity (Wildman–Crippen MR) is 60.5 cm³/mol. The molecule has 0 aliphatic rings. The molecule has 0 saturated carbocycles. The Kier molecular flexibility index (Phi) is 6.97. The molecule has 2 unspecified atom stereocenters. The molecule has 0 heterocycles. The number of hydrogen-bond donors (Lipinski definition) is 3. The molecule has 0 aromatic rings. The van der Waals surface area contributed by atoms with Crippen LogP contribution in [-0.4, -0.2) is 29.1 Å². The summed E-state index contributed by atoms with van der Waals surface area (Å²) in [5, 5.41) is 11.0. The van der Waals surface area contributed by atoms with E-state index in [0.717, 1.165) is 6.42 Å². The van der Waals surface area contributed by atoms with Gasteiger partial charge in [-0.25, -0.2) is 0 Å². The second kappa shape index (κ2) is 7.71. The number of hydrogen-bond acceptors (Lipinski definition) is 3. The Balaban J connectivity index is 4.03. The third-order valence-electron chi connectivity index (χ3n) is 2.10. The van der Waals surface area contributed by atoms with Crippen molar-refractivity contribution >= 4 is 11.9 Å². The third kappa shape index (κ3) is 6.04. The van der Waals surface area contributed by atoms with Crippen molar-refractivity contribution in [2.45, 2.75) is 44.7 Å². The van der Waals surface area contributed by atoms with Crippen molar-refractivity contribution in [1.29, 1.82) is 0 Å². The highest BCUT2D eigenvalue weighted by Crippen LogP contribution is 1.98. The third-order valence-corrected chi connectivity index (χ3v) is 2.10. The van der Waals surface area contributed by atoms with Gasteiger partial charge in [-0.2, -0.15) is 0 Å². The van der Waals surface area contributed by atoms with Gasteiger partial charge in [0.25, 0.3) is 0 Å². The van der Waals surface area contributed by atoms with Crippen molar-refractivity contribution < 1.29 is 14.7 Å². The Morgan fingerprint density at radius 2 is 2.12 bits per heavy atom. The number of rotatable bonds is 7. The zero-order valence-electron chi connectivity index (χ0n) is 9.40. The monoisotopic (exact) mass is 226 g/mol. The van der Waals surface area contributed by atoms with E-state index in [2.05, 4.69) is 11.2 Å². The van der Waals surface area contributed by atoms with Crippen LogP contribution in [0.1, 0.15) is 32.6 Å². The van der Waals surface area contributed by atoms with Crippen LogP contribution in [0.5, 0.6) is 0 Å². The van der Waals surface area contributed by atoms with Gasteiger partial charge in [0.2, 0.25) is 5.91 Å². The second-order valence-corrected chi connectivity index (χ2v) is 3.56. The molecule has 0 bridgehead atoms. The Hall–Kier alpha value is -1.54. The first-order chi connectivity index (χ1) is 7.51. The molecule has 0 aromatic heterocycles. The minimum absolute atomic E-state index is 0.116. The minimum atomic E-state index is -0.967. The van der Waals surface area contributed by atoms with Gasteiger partial charge in [-0.1, -0.05) is 19.3 Å². The molecule has 4 N–H and O–H groups in total. The molecule has 0 saturated heterocycles. The molecular formula is C11H18N2O3. The van der Waals surface area contributed by atoms with Gasteiger partial charge in [-0.05, 0) is 12.8 Å². The van der Waals surface area contributed by atoms with Gasteiger partial charge in [-0.15, -0.1) is 6.42 Å².